The molecule has 2 aliphatic rings. The lowest BCUT2D eigenvalue weighted by atomic mass is 9.79. The van der Waals surface area contributed by atoms with Crippen molar-refractivity contribution in [2.45, 2.75) is 111 Å². The summed E-state index contributed by atoms with van der Waals surface area (Å²) < 4.78 is 77.4. The summed E-state index contributed by atoms with van der Waals surface area (Å²) in [6.07, 6.45) is -4.30. The molecule has 0 bridgehead atoms. The van der Waals surface area contributed by atoms with Crippen LogP contribution < -0.4 is 20.3 Å². The fraction of sp³-hybridized carbons (Fsp3) is 0.319. The first-order chi connectivity index (χ1) is 48.2. The largest absolute Gasteiger partial charge is 0.497 e. The van der Waals surface area contributed by atoms with Crippen molar-refractivity contribution < 1.29 is 51.0 Å². The van der Waals surface area contributed by atoms with Gasteiger partial charge in [0.1, 0.15) is 47.8 Å². The second kappa shape index (κ2) is 31.2. The smallest absolute Gasteiger partial charge is 0.281 e. The molecule has 1 aliphatic carbocycles. The highest BCUT2D eigenvalue weighted by Crippen LogP contribution is 2.78. The Hall–Kier alpha value is -5.68. The van der Waals surface area contributed by atoms with Crippen LogP contribution in [-0.4, -0.2) is 115 Å². The molecule has 530 valence electrons. The Kier molecular flexibility index (Phi) is 23.2. The van der Waals surface area contributed by atoms with E-state index >= 15 is 4.39 Å². The molecule has 0 radical (unpaired) electrons. The number of hydrogen-bond donors (Lipinski definition) is 2. The maximum Gasteiger partial charge on any atom is 0.281 e. The molecule has 1 saturated heterocycles. The summed E-state index contributed by atoms with van der Waals surface area (Å²) in [5.74, 6) is 0.997. The van der Waals surface area contributed by atoms with E-state index in [1.165, 1.54) is 28.1 Å². The predicted molar refractivity (Wildman–Crippen MR) is 406 cm³/mol. The Labute approximate surface area is 622 Å². The van der Waals surface area contributed by atoms with Crippen LogP contribution in [0.1, 0.15) is 77.6 Å². The fourth-order valence-corrected chi connectivity index (χ4v) is 27.8. The summed E-state index contributed by atoms with van der Waals surface area (Å²) in [5.41, 5.74) is -5.58. The highest BCUT2D eigenvalue weighted by atomic mass is 35.5. The summed E-state index contributed by atoms with van der Waals surface area (Å²) in [6, 6.07) is 43.1. The molecule has 1 aliphatic heterocycles. The van der Waals surface area contributed by atoms with Crippen LogP contribution in [0.15, 0.2) is 176 Å². The molecule has 1 amide bonds. The maximum absolute atomic E-state index is 17.0. The zero-order valence-corrected chi connectivity index (χ0v) is 64.7. The average molecular weight is 1580 g/mol. The third kappa shape index (κ3) is 16.1. The Morgan fingerprint density at radius 2 is 1.28 bits per heavy atom. The van der Waals surface area contributed by atoms with Crippen molar-refractivity contribution in [2.75, 3.05) is 26.1 Å². The van der Waals surface area contributed by atoms with Crippen LogP contribution >= 0.6 is 80.6 Å². The lowest BCUT2D eigenvalue weighted by molar-refractivity contribution is -0.0983. The lowest BCUT2D eigenvalue weighted by Gasteiger charge is -2.44. The molecule has 101 heavy (non-hydrogen) atoms. The first-order valence-corrected chi connectivity index (χ1v) is 44.6. The number of fused-ring (bicyclic) bond motifs is 2. The third-order valence-corrected chi connectivity index (χ3v) is 36.0. The number of alkyl halides is 1. The highest BCUT2D eigenvalue weighted by Gasteiger charge is 2.57. The van der Waals surface area contributed by atoms with Crippen molar-refractivity contribution in [2.24, 2.45) is 7.05 Å². The molecule has 0 spiro atoms. The van der Waals surface area contributed by atoms with E-state index in [1.807, 2.05) is 83.4 Å². The first-order valence-electron chi connectivity index (χ1n) is 31.7. The predicted octanol–water partition coefficient (Wildman–Crippen LogP) is 16.9. The van der Waals surface area contributed by atoms with Crippen molar-refractivity contribution >= 4 is 147 Å². The number of anilines is 1. The molecule has 2 unspecified atom stereocenters. The molecule has 32 heteroatoms. The van der Waals surface area contributed by atoms with Crippen LogP contribution in [0.4, 0.5) is 10.2 Å². The molecular weight excluding hydrogens is 1510 g/mol. The minimum atomic E-state index is -4.16. The number of methoxy groups -OCH3 is 2. The molecule has 2 N–H and O–H groups in total. The number of imidazole rings is 2. The minimum Gasteiger partial charge on any atom is -0.497 e. The highest BCUT2D eigenvalue weighted by molar-refractivity contribution is 8.73. The van der Waals surface area contributed by atoms with Gasteiger partial charge in [0.2, 0.25) is 0 Å². The minimum absolute atomic E-state index is 0.0642. The van der Waals surface area contributed by atoms with Gasteiger partial charge in [0, 0.05) is 44.2 Å². The Balaban J connectivity index is 0.982. The van der Waals surface area contributed by atoms with Crippen molar-refractivity contribution in [1.29, 1.82) is 0 Å². The number of carbonyl (C=O) groups is 1. The summed E-state index contributed by atoms with van der Waals surface area (Å²) in [6.45, 7) is 10.1. The zero-order chi connectivity index (χ0) is 71.8. The molecule has 20 nitrogen and oxygen atoms in total. The van der Waals surface area contributed by atoms with E-state index in [4.69, 9.17) is 117 Å². The number of benzene rings is 6. The SMILES string of the molecule is COc1ccc(C(O[C@H]2C[C@@H](n3cnc4c(=O)n(C)cnc43)[C@H](OP(=S)(OP(=S)(OC[C@H]3O[C@@H](n4cnc5c(NC(=O)c6ccccc6)ncnc54)[C@H](F)[C@@H]3O)SCc3ccc(Cl)cc3Cl)SCc3ccc(Cl)cc3Cl)[C@@H]2O[Si](C)(C)C(C)(C)C)(c2ccccc2)c2ccc(OC)cc2)cc1. The lowest BCUT2D eigenvalue weighted by Crippen LogP contribution is -2.51. The molecule has 6 aromatic carbocycles. The molecule has 5 heterocycles. The van der Waals surface area contributed by atoms with Crippen LogP contribution in [0.5, 0.6) is 11.5 Å². The van der Waals surface area contributed by atoms with Crippen LogP contribution in [0.3, 0.4) is 0 Å². The number of rotatable bonds is 26. The van der Waals surface area contributed by atoms with Gasteiger partial charge in [0.15, 0.2) is 48.9 Å². The average Bonchev–Trinajstić information content (AvgIpc) is 0.949. The zero-order valence-electron chi connectivity index (χ0n) is 55.6. The second-order valence-corrected chi connectivity index (χ2v) is 44.7. The van der Waals surface area contributed by atoms with E-state index in [2.05, 4.69) is 54.1 Å². The van der Waals surface area contributed by atoms with Crippen LogP contribution in [0.2, 0.25) is 38.2 Å². The standard InChI is InChI=1S/C69H70Cl4FN9O11P2S4Si/c1-68(2,3)101(7,8)93-61-54(91-69(44-17-13-10-14-18-44,45-21-27-49(87-5)28-22-45)46-23-29-50(88-6)30-24-46)33-53(82-39-78-58-64(82)79-38-81(4)66(58)86)60(61)92-96(98,100-36-43-20-26-48(71)32-52(43)73)94-95(97,99-35-42-19-25-47(70)31-51(42)72)89-34-55-59(84)56(74)67(90-55)83-40-77-57-62(75-37-76-63(57)83)80-65(85)41-15-11-9-12-16-41/h9-32,37-40,53-56,59-61,67,84H,33-36H2,1-8H3,(H,75,76,80,85)/t53-,54+,55-,56-,59-,60+,61-,67-,95?,96?/m1/s1. The Bertz CT molecular complexity index is 4760. The summed E-state index contributed by atoms with van der Waals surface area (Å²) in [5, 5.41) is 15.7. The monoisotopic (exact) mass is 1580 g/mol. The van der Waals surface area contributed by atoms with Gasteiger partial charge in [0.05, 0.1) is 52.0 Å². The van der Waals surface area contributed by atoms with E-state index in [9.17, 15) is 14.7 Å². The summed E-state index contributed by atoms with van der Waals surface area (Å²) >= 11 is 42.8. The fourth-order valence-electron chi connectivity index (χ4n) is 11.7. The Morgan fingerprint density at radius 1 is 0.723 bits per heavy atom. The number of halogens is 5. The molecule has 4 aromatic heterocycles. The van der Waals surface area contributed by atoms with Crippen LogP contribution in [-0.2, 0) is 75.0 Å². The van der Waals surface area contributed by atoms with E-state index in [0.29, 0.717) is 48.3 Å². The molecule has 2 fully saturated rings. The van der Waals surface area contributed by atoms with Gasteiger partial charge < -0.3 is 52.0 Å². The molecule has 12 rings (SSSR count). The normalized spacial score (nSPS) is 20.8. The van der Waals surface area contributed by atoms with E-state index in [1.54, 1.807) is 94.3 Å². The number of hydrogen-bond acceptors (Lipinski definition) is 20. The molecule has 10 aromatic rings. The maximum atomic E-state index is 17.0. The summed E-state index contributed by atoms with van der Waals surface area (Å²) in [4.78, 5) is 50.0. The van der Waals surface area contributed by atoms with E-state index in [-0.39, 0.29) is 51.6 Å². The van der Waals surface area contributed by atoms with E-state index in [0.717, 1.165) is 39.5 Å². The Morgan fingerprint density at radius 3 is 1.86 bits per heavy atom. The van der Waals surface area contributed by atoms with Crippen molar-refractivity contribution in [3.63, 3.8) is 0 Å². The van der Waals surface area contributed by atoms with E-state index < -0.39 is 91.8 Å². The number of aliphatic hydroxyl groups excluding tert-OH is 1. The number of aromatic nitrogens is 8. The number of nitrogens with zero attached hydrogens (tertiary/aromatic N) is 8. The van der Waals surface area contributed by atoms with Crippen molar-refractivity contribution in [1.82, 2.24) is 38.6 Å². The van der Waals surface area contributed by atoms with Crippen LogP contribution in [0.25, 0.3) is 22.3 Å². The van der Waals surface area contributed by atoms with Gasteiger partial charge in [-0.05, 0) is 137 Å². The van der Waals surface area contributed by atoms with Gasteiger partial charge in [-0.2, -0.15) is 0 Å². The summed E-state index contributed by atoms with van der Waals surface area (Å²) in [7, 11) is 1.82. The van der Waals surface area contributed by atoms with Crippen LogP contribution in [0, 0.1) is 0 Å². The van der Waals surface area contributed by atoms with Gasteiger partial charge in [-0.15, -0.1) is 0 Å². The first kappa shape index (κ1) is 75.0. The number of amides is 1. The van der Waals surface area contributed by atoms with Crippen molar-refractivity contribution in [3.8, 4) is 11.5 Å². The van der Waals surface area contributed by atoms with Gasteiger partial charge >= 0.3 is 0 Å². The number of nitrogens with one attached hydrogen (secondary N) is 1. The van der Waals surface area contributed by atoms with Crippen molar-refractivity contribution in [3.05, 3.63) is 235 Å². The van der Waals surface area contributed by atoms with Gasteiger partial charge in [0.25, 0.3) is 22.9 Å². The number of aliphatic hydroxyl groups is 1. The van der Waals surface area contributed by atoms with Gasteiger partial charge in [-0.3, -0.25) is 18.5 Å². The number of ether oxygens (including phenoxy) is 4. The molecular formula is C69H70Cl4FN9O11P2S4Si. The quantitative estimate of drug-likeness (QED) is 0.0292. The molecule has 1 saturated carbocycles. The number of aryl methyl sites for hydroxylation is 1. The third-order valence-electron chi connectivity index (χ3n) is 18.1. The van der Waals surface area contributed by atoms with Gasteiger partial charge in [-0.1, -0.05) is 175 Å². The number of carbonyl (C=O) groups excluding carboxylic acids is 1. The topological polar surface area (TPSA) is 219 Å². The molecule has 10 atom stereocenters. The van der Waals surface area contributed by atoms with Gasteiger partial charge in [-0.25, -0.2) is 29.3 Å². The second-order valence-electron chi connectivity index (χ2n) is 25.5.